The molecular formula is C10H8O2S2. The first-order valence-corrected chi connectivity index (χ1v) is 5.81. The molecule has 0 aliphatic heterocycles. The zero-order valence-electron chi connectivity index (χ0n) is 7.52. The smallest absolute Gasteiger partial charge is 0.298 e. The molecule has 14 heavy (non-hydrogen) atoms. The van der Waals surface area contributed by atoms with Gasteiger partial charge in [0.25, 0.3) is 6.47 Å². The van der Waals surface area contributed by atoms with Gasteiger partial charge in [-0.05, 0) is 35.4 Å². The lowest BCUT2D eigenvalue weighted by Gasteiger charge is -1.99. The molecule has 0 atom stereocenters. The lowest BCUT2D eigenvalue weighted by atomic mass is 10.2. The third-order valence-corrected chi connectivity index (χ3v) is 3.95. The summed E-state index contributed by atoms with van der Waals surface area (Å²) < 4.78 is 4.89. The Hall–Kier alpha value is -1.13. The molecule has 0 aromatic carbocycles. The standard InChI is InChI=1S/C10H8O2S2/c1-7-2-4-13-9(7)10-8(12-6-11)3-5-14-10/h2-6H,1H3. The van der Waals surface area contributed by atoms with E-state index in [0.717, 1.165) is 4.88 Å². The van der Waals surface area contributed by atoms with Crippen LogP contribution in [0.3, 0.4) is 0 Å². The highest BCUT2D eigenvalue weighted by Crippen LogP contribution is 2.39. The summed E-state index contributed by atoms with van der Waals surface area (Å²) >= 11 is 3.25. The van der Waals surface area contributed by atoms with Crippen LogP contribution in [0.2, 0.25) is 0 Å². The van der Waals surface area contributed by atoms with Gasteiger partial charge in [-0.15, -0.1) is 22.7 Å². The van der Waals surface area contributed by atoms with E-state index in [4.69, 9.17) is 4.74 Å². The Morgan fingerprint density at radius 1 is 1.21 bits per heavy atom. The topological polar surface area (TPSA) is 26.3 Å². The summed E-state index contributed by atoms with van der Waals surface area (Å²) in [6, 6.07) is 3.87. The van der Waals surface area contributed by atoms with Gasteiger partial charge in [0.05, 0.1) is 9.75 Å². The summed E-state index contributed by atoms with van der Waals surface area (Å²) in [5.41, 5.74) is 1.22. The van der Waals surface area contributed by atoms with Gasteiger partial charge in [0.15, 0.2) is 0 Å². The first-order chi connectivity index (χ1) is 6.83. The summed E-state index contributed by atoms with van der Waals surface area (Å²) in [5.74, 6) is 0.649. The Bertz CT molecular complexity index is 442. The third-order valence-electron chi connectivity index (χ3n) is 1.87. The van der Waals surface area contributed by atoms with E-state index in [2.05, 4.69) is 13.0 Å². The summed E-state index contributed by atoms with van der Waals surface area (Å²) in [6.07, 6.45) is 0. The van der Waals surface area contributed by atoms with Crippen LogP contribution in [-0.2, 0) is 4.79 Å². The fourth-order valence-electron chi connectivity index (χ4n) is 1.21. The van der Waals surface area contributed by atoms with E-state index in [1.165, 1.54) is 10.4 Å². The average Bonchev–Trinajstić information content (AvgIpc) is 2.74. The number of ether oxygens (including phenoxy) is 1. The van der Waals surface area contributed by atoms with Crippen molar-refractivity contribution in [2.24, 2.45) is 0 Å². The maximum absolute atomic E-state index is 10.3. The van der Waals surface area contributed by atoms with Crippen LogP contribution in [0.1, 0.15) is 5.56 Å². The van der Waals surface area contributed by atoms with Gasteiger partial charge < -0.3 is 4.74 Å². The Kier molecular flexibility index (Phi) is 2.65. The molecule has 2 aromatic rings. The van der Waals surface area contributed by atoms with E-state index in [1.807, 2.05) is 16.8 Å². The molecule has 72 valence electrons. The van der Waals surface area contributed by atoms with Crippen molar-refractivity contribution < 1.29 is 9.53 Å². The van der Waals surface area contributed by atoms with Gasteiger partial charge in [0.2, 0.25) is 0 Å². The van der Waals surface area contributed by atoms with Crippen molar-refractivity contribution in [1.29, 1.82) is 0 Å². The van der Waals surface area contributed by atoms with Crippen LogP contribution in [0.5, 0.6) is 5.75 Å². The van der Waals surface area contributed by atoms with Crippen molar-refractivity contribution in [3.8, 4) is 15.5 Å². The molecule has 4 heteroatoms. The van der Waals surface area contributed by atoms with Crippen molar-refractivity contribution in [2.75, 3.05) is 0 Å². The molecule has 0 saturated carbocycles. The van der Waals surface area contributed by atoms with Crippen LogP contribution < -0.4 is 4.74 Å². The molecule has 2 heterocycles. The van der Waals surface area contributed by atoms with Crippen molar-refractivity contribution in [1.82, 2.24) is 0 Å². The summed E-state index contributed by atoms with van der Waals surface area (Å²) in [6.45, 7) is 2.52. The van der Waals surface area contributed by atoms with Crippen LogP contribution in [0, 0.1) is 6.92 Å². The van der Waals surface area contributed by atoms with Crippen LogP contribution >= 0.6 is 22.7 Å². The number of rotatable bonds is 3. The van der Waals surface area contributed by atoms with Crippen LogP contribution in [0.4, 0.5) is 0 Å². The van der Waals surface area contributed by atoms with Gasteiger partial charge in [-0.2, -0.15) is 0 Å². The molecule has 0 aliphatic carbocycles. The maximum atomic E-state index is 10.3. The lowest BCUT2D eigenvalue weighted by molar-refractivity contribution is -0.120. The van der Waals surface area contributed by atoms with Gasteiger partial charge in [-0.25, -0.2) is 0 Å². The summed E-state index contributed by atoms with van der Waals surface area (Å²) in [4.78, 5) is 12.5. The van der Waals surface area contributed by atoms with Gasteiger partial charge in [0.1, 0.15) is 5.75 Å². The molecule has 0 fully saturated rings. The number of hydrogen-bond acceptors (Lipinski definition) is 4. The van der Waals surface area contributed by atoms with Crippen LogP contribution in [0.15, 0.2) is 22.9 Å². The normalized spacial score (nSPS) is 10.1. The Morgan fingerprint density at radius 2 is 1.93 bits per heavy atom. The quantitative estimate of drug-likeness (QED) is 0.747. The molecule has 2 rings (SSSR count). The second-order valence-corrected chi connectivity index (χ2v) is 4.59. The van der Waals surface area contributed by atoms with Crippen molar-refractivity contribution in [3.05, 3.63) is 28.5 Å². The number of carbonyl (C=O) groups is 1. The summed E-state index contributed by atoms with van der Waals surface area (Å²) in [7, 11) is 0. The fourth-order valence-corrected chi connectivity index (χ4v) is 3.20. The third kappa shape index (κ3) is 1.58. The van der Waals surface area contributed by atoms with Gasteiger partial charge in [-0.1, -0.05) is 0 Å². The Labute approximate surface area is 89.8 Å². The van der Waals surface area contributed by atoms with E-state index in [9.17, 15) is 4.79 Å². The van der Waals surface area contributed by atoms with E-state index in [-0.39, 0.29) is 0 Å². The van der Waals surface area contributed by atoms with E-state index in [0.29, 0.717) is 12.2 Å². The van der Waals surface area contributed by atoms with Gasteiger partial charge in [0, 0.05) is 0 Å². The first-order valence-electron chi connectivity index (χ1n) is 4.05. The number of hydrogen-bond donors (Lipinski definition) is 0. The Morgan fingerprint density at radius 3 is 2.57 bits per heavy atom. The molecule has 0 amide bonds. The highest BCUT2D eigenvalue weighted by Gasteiger charge is 2.11. The average molecular weight is 224 g/mol. The minimum Gasteiger partial charge on any atom is -0.427 e. The SMILES string of the molecule is Cc1ccsc1-c1sccc1OC=O. The van der Waals surface area contributed by atoms with Gasteiger partial charge in [-0.3, -0.25) is 4.79 Å². The largest absolute Gasteiger partial charge is 0.427 e. The van der Waals surface area contributed by atoms with Crippen LogP contribution in [-0.4, -0.2) is 6.47 Å². The van der Waals surface area contributed by atoms with Gasteiger partial charge >= 0.3 is 0 Å². The first kappa shape index (κ1) is 9.43. The zero-order chi connectivity index (χ0) is 9.97. The molecule has 0 N–H and O–H groups in total. The number of aryl methyl sites for hydroxylation is 1. The molecule has 2 nitrogen and oxygen atoms in total. The second-order valence-electron chi connectivity index (χ2n) is 2.76. The van der Waals surface area contributed by atoms with Crippen LogP contribution in [0.25, 0.3) is 9.75 Å². The number of thiophene rings is 2. The minimum absolute atomic E-state index is 0.467. The lowest BCUT2D eigenvalue weighted by Crippen LogP contribution is -1.87. The monoisotopic (exact) mass is 224 g/mol. The maximum Gasteiger partial charge on any atom is 0.298 e. The predicted octanol–water partition coefficient (Wildman–Crippen LogP) is 3.32. The highest BCUT2D eigenvalue weighted by atomic mass is 32.1. The molecule has 0 radical (unpaired) electrons. The second kappa shape index (κ2) is 3.94. The Balaban J connectivity index is 2.46. The van der Waals surface area contributed by atoms with E-state index in [1.54, 1.807) is 22.7 Å². The molecule has 0 saturated heterocycles. The van der Waals surface area contributed by atoms with E-state index < -0.39 is 0 Å². The molecule has 0 spiro atoms. The van der Waals surface area contributed by atoms with Crippen molar-refractivity contribution in [3.63, 3.8) is 0 Å². The molecule has 0 unspecified atom stereocenters. The zero-order valence-corrected chi connectivity index (χ0v) is 9.15. The molecule has 0 aliphatic rings. The highest BCUT2D eigenvalue weighted by molar-refractivity contribution is 7.20. The number of carbonyl (C=O) groups excluding carboxylic acids is 1. The molecular weight excluding hydrogens is 216 g/mol. The fraction of sp³-hybridized carbons (Fsp3) is 0.100. The van der Waals surface area contributed by atoms with Crippen molar-refractivity contribution >= 4 is 29.1 Å². The summed E-state index contributed by atoms with van der Waals surface area (Å²) in [5, 5.41) is 3.96. The molecule has 2 aromatic heterocycles. The van der Waals surface area contributed by atoms with E-state index >= 15 is 0 Å². The van der Waals surface area contributed by atoms with Crippen molar-refractivity contribution in [2.45, 2.75) is 6.92 Å². The molecule has 0 bridgehead atoms. The minimum atomic E-state index is 0.467. The predicted molar refractivity (Wildman–Crippen MR) is 59.1 cm³/mol.